The molecule has 3 atom stereocenters. The Hall–Kier alpha value is -2.84. The molecule has 1 fully saturated rings. The van der Waals surface area contributed by atoms with E-state index in [2.05, 4.69) is 29.0 Å². The second kappa shape index (κ2) is 9.77. The smallest absolute Gasteiger partial charge is 0.330 e. The van der Waals surface area contributed by atoms with Crippen LogP contribution in [0.1, 0.15) is 49.0 Å². The Balaban J connectivity index is 2.02. The number of hydrogen-bond acceptors (Lipinski definition) is 6. The number of amides is 1. The molecule has 1 aromatic rings. The molecule has 7 nitrogen and oxygen atoms in total. The number of carbonyl (C=O) groups is 2. The molecule has 0 aliphatic heterocycles. The average Bonchev–Trinajstić information content (AvgIpc) is 3.09. The van der Waals surface area contributed by atoms with E-state index in [1.54, 1.807) is 38.1 Å². The van der Waals surface area contributed by atoms with E-state index in [1.807, 2.05) is 0 Å². The van der Waals surface area contributed by atoms with Crippen LogP contribution < -0.4 is 11.1 Å². The molecule has 2 unspecified atom stereocenters. The van der Waals surface area contributed by atoms with Crippen molar-refractivity contribution in [3.63, 3.8) is 0 Å². The van der Waals surface area contributed by atoms with Gasteiger partial charge in [0.15, 0.2) is 0 Å². The number of methoxy groups -OCH3 is 1. The van der Waals surface area contributed by atoms with E-state index in [1.165, 1.54) is 7.11 Å². The fraction of sp³-hybridized carbons (Fsp3) is 0.478. The molecule has 1 aromatic carbocycles. The zero-order valence-electron chi connectivity index (χ0n) is 17.5. The Morgan fingerprint density at radius 1 is 1.33 bits per heavy atom. The lowest BCUT2D eigenvalue weighted by atomic mass is 9.95. The predicted molar refractivity (Wildman–Crippen MR) is 112 cm³/mol. The number of benzene rings is 1. The second-order valence-electron chi connectivity index (χ2n) is 8.15. The molecule has 160 valence electrons. The van der Waals surface area contributed by atoms with E-state index >= 15 is 0 Å². The minimum atomic E-state index is -1.09. The molecule has 1 aliphatic rings. The summed E-state index contributed by atoms with van der Waals surface area (Å²) in [4.78, 5) is 24.4. The summed E-state index contributed by atoms with van der Waals surface area (Å²) in [5, 5.41) is 22.1. The Bertz CT molecular complexity index is 896. The van der Waals surface area contributed by atoms with Crippen LogP contribution in [-0.4, -0.2) is 53.0 Å². The van der Waals surface area contributed by atoms with Gasteiger partial charge < -0.3 is 26.0 Å². The van der Waals surface area contributed by atoms with Crippen molar-refractivity contribution in [1.82, 2.24) is 5.32 Å². The van der Waals surface area contributed by atoms with Gasteiger partial charge in [-0.25, -0.2) is 4.79 Å². The maximum Gasteiger partial charge on any atom is 0.330 e. The molecule has 0 spiro atoms. The summed E-state index contributed by atoms with van der Waals surface area (Å²) in [6, 6.07) is 5.51. The highest BCUT2D eigenvalue weighted by Crippen LogP contribution is 2.33. The van der Waals surface area contributed by atoms with Crippen molar-refractivity contribution < 1.29 is 24.5 Å². The molecular weight excluding hydrogens is 384 g/mol. The van der Waals surface area contributed by atoms with E-state index in [0.717, 1.165) is 6.42 Å². The molecule has 0 saturated heterocycles. The van der Waals surface area contributed by atoms with Gasteiger partial charge in [-0.15, -0.1) is 0 Å². The highest BCUT2D eigenvalue weighted by Gasteiger charge is 2.35. The van der Waals surface area contributed by atoms with Crippen LogP contribution >= 0.6 is 0 Å². The van der Waals surface area contributed by atoms with Gasteiger partial charge in [-0.05, 0) is 75.1 Å². The standard InChI is InChI=1S/C23H28N2O5/c1-22(2,24)19(21(28)30-3)25-20(27)18-9-7-16(8-10-18)6-4-5-12-23(29)13-11-17(14-23)15-26/h7-10,17,19,26,29H,11,13-15,24H2,1-3H3,(H,25,27)/t17?,19-,23?/m1/s1. The Morgan fingerprint density at radius 3 is 2.53 bits per heavy atom. The van der Waals surface area contributed by atoms with Crippen LogP contribution in [0.2, 0.25) is 0 Å². The molecule has 30 heavy (non-hydrogen) atoms. The molecule has 0 heterocycles. The predicted octanol–water partition coefficient (Wildman–Crippen LogP) is 0.574. The average molecular weight is 412 g/mol. The lowest BCUT2D eigenvalue weighted by Gasteiger charge is -2.28. The molecule has 0 aromatic heterocycles. The van der Waals surface area contributed by atoms with Crippen LogP contribution in [0.3, 0.4) is 0 Å². The van der Waals surface area contributed by atoms with Crippen LogP contribution in [0, 0.1) is 29.6 Å². The number of hydrogen-bond donors (Lipinski definition) is 4. The zero-order chi connectivity index (χ0) is 22.4. The lowest BCUT2D eigenvalue weighted by molar-refractivity contribution is -0.144. The van der Waals surface area contributed by atoms with Gasteiger partial charge in [0.25, 0.3) is 5.91 Å². The SMILES string of the molecule is COC(=O)[C@@H](NC(=O)c1ccc(C#CC#CC2(O)CCC(CO)C2)cc1)C(C)(C)N. The molecule has 7 heteroatoms. The van der Waals surface area contributed by atoms with Crippen molar-refractivity contribution in [2.24, 2.45) is 11.7 Å². The van der Waals surface area contributed by atoms with Gasteiger partial charge in [0.2, 0.25) is 0 Å². The first kappa shape index (κ1) is 23.4. The number of aliphatic hydroxyl groups excluding tert-OH is 1. The fourth-order valence-corrected chi connectivity index (χ4v) is 3.23. The maximum absolute atomic E-state index is 12.4. The minimum absolute atomic E-state index is 0.0543. The highest BCUT2D eigenvalue weighted by molar-refractivity contribution is 5.97. The van der Waals surface area contributed by atoms with Crippen molar-refractivity contribution in [3.8, 4) is 23.7 Å². The summed E-state index contributed by atoms with van der Waals surface area (Å²) < 4.78 is 4.71. The summed E-state index contributed by atoms with van der Waals surface area (Å²) in [6.45, 7) is 3.31. The van der Waals surface area contributed by atoms with Crippen molar-refractivity contribution in [3.05, 3.63) is 35.4 Å². The van der Waals surface area contributed by atoms with E-state index in [4.69, 9.17) is 15.6 Å². The molecule has 2 rings (SSSR count). The first-order valence-corrected chi connectivity index (χ1v) is 9.72. The molecule has 0 bridgehead atoms. The Kier molecular flexibility index (Phi) is 7.64. The third-order valence-electron chi connectivity index (χ3n) is 5.02. The fourth-order valence-electron chi connectivity index (χ4n) is 3.23. The van der Waals surface area contributed by atoms with Crippen molar-refractivity contribution in [1.29, 1.82) is 0 Å². The summed E-state index contributed by atoms with van der Waals surface area (Å²) in [5.74, 6) is 10.0. The monoisotopic (exact) mass is 412 g/mol. The van der Waals surface area contributed by atoms with Gasteiger partial charge in [0.05, 0.1) is 7.11 Å². The lowest BCUT2D eigenvalue weighted by Crippen LogP contribution is -2.59. The summed E-state index contributed by atoms with van der Waals surface area (Å²) in [5.41, 5.74) is 4.89. The quantitative estimate of drug-likeness (QED) is 0.414. The summed E-state index contributed by atoms with van der Waals surface area (Å²) in [7, 11) is 1.24. The van der Waals surface area contributed by atoms with Gasteiger partial charge in [0, 0.05) is 23.3 Å². The Morgan fingerprint density at radius 2 is 2.00 bits per heavy atom. The summed E-state index contributed by atoms with van der Waals surface area (Å²) in [6.07, 6.45) is 1.73. The van der Waals surface area contributed by atoms with Gasteiger partial charge in [0.1, 0.15) is 11.6 Å². The number of esters is 1. The van der Waals surface area contributed by atoms with E-state index in [9.17, 15) is 14.7 Å². The van der Waals surface area contributed by atoms with E-state index in [-0.39, 0.29) is 12.5 Å². The van der Waals surface area contributed by atoms with Crippen LogP contribution in [0.25, 0.3) is 0 Å². The topological polar surface area (TPSA) is 122 Å². The largest absolute Gasteiger partial charge is 0.467 e. The molecule has 1 saturated carbocycles. The van der Waals surface area contributed by atoms with Gasteiger partial charge in [-0.3, -0.25) is 4.79 Å². The van der Waals surface area contributed by atoms with Crippen molar-refractivity contribution in [2.75, 3.05) is 13.7 Å². The van der Waals surface area contributed by atoms with Gasteiger partial charge in [-0.1, -0.05) is 11.8 Å². The number of nitrogens with one attached hydrogen (secondary N) is 1. The van der Waals surface area contributed by atoms with Crippen LogP contribution in [0.4, 0.5) is 0 Å². The number of carbonyl (C=O) groups excluding carboxylic acids is 2. The second-order valence-corrected chi connectivity index (χ2v) is 8.15. The van der Waals surface area contributed by atoms with Gasteiger partial charge in [-0.2, -0.15) is 0 Å². The summed E-state index contributed by atoms with van der Waals surface area (Å²) >= 11 is 0. The van der Waals surface area contributed by atoms with Crippen LogP contribution in [0.5, 0.6) is 0 Å². The van der Waals surface area contributed by atoms with Crippen LogP contribution in [0.15, 0.2) is 24.3 Å². The maximum atomic E-state index is 12.4. The molecule has 5 N–H and O–H groups in total. The Labute approximate surface area is 177 Å². The van der Waals surface area contributed by atoms with Crippen molar-refractivity contribution in [2.45, 2.75) is 50.3 Å². The number of ether oxygens (including phenoxy) is 1. The normalized spacial score (nSPS) is 21.5. The molecule has 0 radical (unpaired) electrons. The van der Waals surface area contributed by atoms with E-state index < -0.39 is 29.1 Å². The van der Waals surface area contributed by atoms with Crippen LogP contribution in [-0.2, 0) is 9.53 Å². The first-order chi connectivity index (χ1) is 14.1. The molecule has 1 aliphatic carbocycles. The zero-order valence-corrected chi connectivity index (χ0v) is 17.5. The number of rotatable bonds is 5. The number of nitrogens with two attached hydrogens (primary N) is 1. The molecular formula is C23H28N2O5. The highest BCUT2D eigenvalue weighted by atomic mass is 16.5. The third-order valence-corrected chi connectivity index (χ3v) is 5.02. The first-order valence-electron chi connectivity index (χ1n) is 9.72. The number of aliphatic hydroxyl groups is 2. The third kappa shape index (κ3) is 6.33. The molecule has 1 amide bonds. The van der Waals surface area contributed by atoms with E-state index in [0.29, 0.717) is 24.0 Å². The minimum Gasteiger partial charge on any atom is -0.467 e. The van der Waals surface area contributed by atoms with Crippen molar-refractivity contribution >= 4 is 11.9 Å². The van der Waals surface area contributed by atoms with Gasteiger partial charge >= 0.3 is 5.97 Å².